The molecule has 7 heteroatoms. The Morgan fingerprint density at radius 1 is 1.50 bits per heavy atom. The number of nitrogens with two attached hydrogens (primary N) is 1. The van der Waals surface area contributed by atoms with Crippen LogP contribution in [0.3, 0.4) is 0 Å². The van der Waals surface area contributed by atoms with Crippen LogP contribution in [0.5, 0.6) is 0 Å². The van der Waals surface area contributed by atoms with E-state index in [0.29, 0.717) is 19.8 Å². The molecule has 1 unspecified atom stereocenters. The molecule has 0 spiro atoms. The van der Waals surface area contributed by atoms with E-state index in [1.165, 1.54) is 4.88 Å². The molecule has 1 aliphatic rings. The number of rotatable bonds is 5. The lowest BCUT2D eigenvalue weighted by atomic mass is 9.92. The second-order valence-corrected chi connectivity index (χ2v) is 6.52. The fourth-order valence-corrected chi connectivity index (χ4v) is 3.29. The molecule has 114 valence electrons. The van der Waals surface area contributed by atoms with Crippen LogP contribution < -0.4 is 11.1 Å². The summed E-state index contributed by atoms with van der Waals surface area (Å²) in [5.41, 5.74) is 5.99. The summed E-state index contributed by atoms with van der Waals surface area (Å²) in [7, 11) is 0. The predicted octanol–water partition coefficient (Wildman–Crippen LogP) is 2.24. The van der Waals surface area contributed by atoms with Gasteiger partial charge in [-0.1, -0.05) is 11.6 Å². The first-order chi connectivity index (χ1) is 9.16. The van der Waals surface area contributed by atoms with Gasteiger partial charge in [-0.15, -0.1) is 23.7 Å². The van der Waals surface area contributed by atoms with E-state index in [2.05, 4.69) is 5.32 Å². The van der Waals surface area contributed by atoms with Gasteiger partial charge in [0.1, 0.15) is 0 Å². The number of carbonyl (C=O) groups is 1. The third-order valence-electron chi connectivity index (χ3n) is 3.38. The van der Waals surface area contributed by atoms with Gasteiger partial charge in [-0.3, -0.25) is 4.79 Å². The normalized spacial score (nSPS) is 17.3. The van der Waals surface area contributed by atoms with Crippen molar-refractivity contribution in [3.05, 3.63) is 21.3 Å². The number of halogens is 2. The van der Waals surface area contributed by atoms with E-state index in [1.807, 2.05) is 12.1 Å². The van der Waals surface area contributed by atoms with Gasteiger partial charge in [0, 0.05) is 24.6 Å². The molecule has 2 heterocycles. The van der Waals surface area contributed by atoms with Crippen molar-refractivity contribution in [1.82, 2.24) is 5.32 Å². The lowest BCUT2D eigenvalue weighted by Crippen LogP contribution is -2.47. The van der Waals surface area contributed by atoms with Crippen molar-refractivity contribution in [2.24, 2.45) is 11.7 Å². The molecule has 1 aliphatic heterocycles. The third-order valence-corrected chi connectivity index (χ3v) is 4.67. The average Bonchev–Trinajstić information content (AvgIpc) is 2.84. The minimum atomic E-state index is -0.421. The second kappa shape index (κ2) is 8.85. The Morgan fingerprint density at radius 2 is 2.20 bits per heavy atom. The molecular weight excluding hydrogens is 319 g/mol. The summed E-state index contributed by atoms with van der Waals surface area (Å²) in [4.78, 5) is 13.1. The summed E-state index contributed by atoms with van der Waals surface area (Å²) in [6, 6.07) is 3.44. The van der Waals surface area contributed by atoms with E-state index in [4.69, 9.17) is 22.1 Å². The molecular formula is C13H20Cl2N2O2S. The lowest BCUT2D eigenvalue weighted by molar-refractivity contribution is -0.124. The van der Waals surface area contributed by atoms with Crippen molar-refractivity contribution >= 4 is 41.3 Å². The Balaban J connectivity index is 0.00000200. The van der Waals surface area contributed by atoms with Crippen molar-refractivity contribution < 1.29 is 9.53 Å². The molecule has 1 saturated heterocycles. The van der Waals surface area contributed by atoms with Gasteiger partial charge >= 0.3 is 0 Å². The van der Waals surface area contributed by atoms with E-state index in [-0.39, 0.29) is 24.2 Å². The van der Waals surface area contributed by atoms with E-state index >= 15 is 0 Å². The molecule has 2 rings (SSSR count). The molecule has 1 aromatic heterocycles. The number of amides is 1. The topological polar surface area (TPSA) is 64.4 Å². The zero-order chi connectivity index (χ0) is 13.7. The first kappa shape index (κ1) is 17.7. The quantitative estimate of drug-likeness (QED) is 0.865. The third kappa shape index (κ3) is 5.22. The first-order valence-electron chi connectivity index (χ1n) is 6.52. The predicted molar refractivity (Wildman–Crippen MR) is 84.8 cm³/mol. The van der Waals surface area contributed by atoms with Gasteiger partial charge < -0.3 is 15.8 Å². The van der Waals surface area contributed by atoms with Gasteiger partial charge in [0.15, 0.2) is 0 Å². The summed E-state index contributed by atoms with van der Waals surface area (Å²) < 4.78 is 6.05. The molecule has 20 heavy (non-hydrogen) atoms. The Morgan fingerprint density at radius 3 is 2.80 bits per heavy atom. The molecule has 1 amide bonds. The number of carbonyl (C=O) groups excluding carboxylic acids is 1. The molecule has 0 radical (unpaired) electrons. The zero-order valence-electron chi connectivity index (χ0n) is 11.1. The SMILES string of the molecule is Cl.NC(C(=O)NCCc1ccc(Cl)s1)C1CCOCC1. The minimum Gasteiger partial charge on any atom is -0.381 e. The number of hydrogen-bond donors (Lipinski definition) is 2. The van der Waals surface area contributed by atoms with Gasteiger partial charge in [0.05, 0.1) is 10.4 Å². The van der Waals surface area contributed by atoms with Crippen LogP contribution in [0.15, 0.2) is 12.1 Å². The summed E-state index contributed by atoms with van der Waals surface area (Å²) in [5.74, 6) is 0.180. The summed E-state index contributed by atoms with van der Waals surface area (Å²) in [6.45, 7) is 2.02. The monoisotopic (exact) mass is 338 g/mol. The molecule has 0 aromatic carbocycles. The highest BCUT2D eigenvalue weighted by molar-refractivity contribution is 7.16. The standard InChI is InChI=1S/C13H19ClN2O2S.ClH/c14-11-2-1-10(19-11)3-6-16-13(17)12(15)9-4-7-18-8-5-9;/h1-2,9,12H,3-8,15H2,(H,16,17);1H. The van der Waals surface area contributed by atoms with Crippen molar-refractivity contribution in [1.29, 1.82) is 0 Å². The Hall–Kier alpha value is -0.330. The van der Waals surface area contributed by atoms with Crippen LogP contribution >= 0.6 is 35.3 Å². The van der Waals surface area contributed by atoms with Crippen molar-refractivity contribution in [2.75, 3.05) is 19.8 Å². The van der Waals surface area contributed by atoms with Crippen LogP contribution in [0.1, 0.15) is 17.7 Å². The van der Waals surface area contributed by atoms with Gasteiger partial charge in [-0.25, -0.2) is 0 Å². The molecule has 0 bridgehead atoms. The van der Waals surface area contributed by atoms with E-state index in [9.17, 15) is 4.79 Å². The maximum Gasteiger partial charge on any atom is 0.237 e. The lowest BCUT2D eigenvalue weighted by Gasteiger charge is -2.26. The minimum absolute atomic E-state index is 0. The fraction of sp³-hybridized carbons (Fsp3) is 0.615. The number of thiophene rings is 1. The van der Waals surface area contributed by atoms with Crippen molar-refractivity contribution in [3.8, 4) is 0 Å². The van der Waals surface area contributed by atoms with Crippen LogP contribution in [0.4, 0.5) is 0 Å². The molecule has 0 saturated carbocycles. The highest BCUT2D eigenvalue weighted by Crippen LogP contribution is 2.21. The van der Waals surface area contributed by atoms with Gasteiger partial charge in [0.2, 0.25) is 5.91 Å². The highest BCUT2D eigenvalue weighted by atomic mass is 35.5. The Kier molecular flexibility index (Phi) is 7.84. The maximum absolute atomic E-state index is 11.9. The van der Waals surface area contributed by atoms with E-state index in [0.717, 1.165) is 23.6 Å². The van der Waals surface area contributed by atoms with Gasteiger partial charge in [-0.05, 0) is 37.3 Å². The first-order valence-corrected chi connectivity index (χ1v) is 7.71. The summed E-state index contributed by atoms with van der Waals surface area (Å²) >= 11 is 7.40. The van der Waals surface area contributed by atoms with Crippen LogP contribution in [-0.2, 0) is 16.0 Å². The number of nitrogens with one attached hydrogen (secondary N) is 1. The van der Waals surface area contributed by atoms with E-state index in [1.54, 1.807) is 11.3 Å². The highest BCUT2D eigenvalue weighted by Gasteiger charge is 2.26. The number of hydrogen-bond acceptors (Lipinski definition) is 4. The van der Waals surface area contributed by atoms with Crippen LogP contribution in [0.25, 0.3) is 0 Å². The van der Waals surface area contributed by atoms with Crippen molar-refractivity contribution in [3.63, 3.8) is 0 Å². The van der Waals surface area contributed by atoms with Gasteiger partial charge in [0.25, 0.3) is 0 Å². The zero-order valence-corrected chi connectivity index (χ0v) is 13.5. The van der Waals surface area contributed by atoms with E-state index < -0.39 is 6.04 Å². The summed E-state index contributed by atoms with van der Waals surface area (Å²) in [5, 5.41) is 2.90. The number of ether oxygens (including phenoxy) is 1. The van der Waals surface area contributed by atoms with Crippen molar-refractivity contribution in [2.45, 2.75) is 25.3 Å². The molecule has 3 N–H and O–H groups in total. The summed E-state index contributed by atoms with van der Waals surface area (Å²) in [6.07, 6.45) is 2.54. The molecule has 0 aliphatic carbocycles. The maximum atomic E-state index is 11.9. The fourth-order valence-electron chi connectivity index (χ4n) is 2.20. The Bertz CT molecular complexity index is 422. The molecule has 1 fully saturated rings. The second-order valence-electron chi connectivity index (χ2n) is 4.72. The van der Waals surface area contributed by atoms with Gasteiger partial charge in [-0.2, -0.15) is 0 Å². The smallest absolute Gasteiger partial charge is 0.237 e. The van der Waals surface area contributed by atoms with Crippen LogP contribution in [-0.4, -0.2) is 31.7 Å². The molecule has 4 nitrogen and oxygen atoms in total. The largest absolute Gasteiger partial charge is 0.381 e. The molecule has 1 aromatic rings. The average molecular weight is 339 g/mol. The van der Waals surface area contributed by atoms with Crippen LogP contribution in [0.2, 0.25) is 4.34 Å². The Labute approximate surface area is 134 Å². The van der Waals surface area contributed by atoms with Crippen LogP contribution in [0, 0.1) is 5.92 Å². The molecule has 1 atom stereocenters.